The van der Waals surface area contributed by atoms with E-state index in [4.69, 9.17) is 17.3 Å². The summed E-state index contributed by atoms with van der Waals surface area (Å²) >= 11 is 6.15. The summed E-state index contributed by atoms with van der Waals surface area (Å²) in [4.78, 5) is 24.4. The Morgan fingerprint density at radius 2 is 1.88 bits per heavy atom. The number of thiocarbonyl (C=S) groups is 1. The first-order valence-corrected chi connectivity index (χ1v) is 9.06. The fourth-order valence-corrected chi connectivity index (χ4v) is 3.68. The number of carboxylic acids is 1. The molecule has 2 aromatic carbocycles. The zero-order chi connectivity index (χ0) is 18.5. The van der Waals surface area contributed by atoms with E-state index in [0.717, 1.165) is 22.2 Å². The van der Waals surface area contributed by atoms with Crippen molar-refractivity contribution in [3.8, 4) is 0 Å². The Morgan fingerprint density at radius 3 is 2.65 bits per heavy atom. The SMILES string of the molecule is O=C(O)CN1C(=O)\C(=C/C=C/C=C/c2ccc3ccccc3c2)SC1=S. The minimum atomic E-state index is -1.09. The number of carboxylic acid groups (broad SMARTS) is 1. The van der Waals surface area contributed by atoms with E-state index < -0.39 is 12.5 Å². The van der Waals surface area contributed by atoms with Crippen LogP contribution in [0.15, 0.2) is 71.7 Å². The Kier molecular flexibility index (Phi) is 5.65. The number of amides is 1. The summed E-state index contributed by atoms with van der Waals surface area (Å²) in [7, 11) is 0. The molecule has 1 aliphatic heterocycles. The molecule has 0 spiro atoms. The van der Waals surface area contributed by atoms with Gasteiger partial charge in [-0.2, -0.15) is 0 Å². The van der Waals surface area contributed by atoms with E-state index in [1.165, 1.54) is 10.8 Å². The number of hydrogen-bond acceptors (Lipinski definition) is 4. The van der Waals surface area contributed by atoms with Gasteiger partial charge in [-0.3, -0.25) is 14.5 Å². The van der Waals surface area contributed by atoms with Gasteiger partial charge >= 0.3 is 5.97 Å². The third-order valence-electron chi connectivity index (χ3n) is 3.70. The van der Waals surface area contributed by atoms with Gasteiger partial charge in [0.1, 0.15) is 10.9 Å². The van der Waals surface area contributed by atoms with Crippen molar-refractivity contribution in [1.82, 2.24) is 4.90 Å². The fraction of sp³-hybridized carbons (Fsp3) is 0.0500. The second-order valence-corrected chi connectivity index (χ2v) is 7.21. The van der Waals surface area contributed by atoms with Crippen molar-refractivity contribution in [2.45, 2.75) is 0 Å². The second kappa shape index (κ2) is 8.12. The molecule has 1 saturated heterocycles. The summed E-state index contributed by atoms with van der Waals surface area (Å²) in [5.74, 6) is -1.46. The van der Waals surface area contributed by atoms with Crippen molar-refractivity contribution in [1.29, 1.82) is 0 Å². The Bertz CT molecular complexity index is 976. The summed E-state index contributed by atoms with van der Waals surface area (Å²) in [6.07, 6.45) is 9.07. The number of carbonyl (C=O) groups excluding carboxylic acids is 1. The smallest absolute Gasteiger partial charge is 0.323 e. The van der Waals surface area contributed by atoms with E-state index in [1.54, 1.807) is 12.2 Å². The molecule has 130 valence electrons. The maximum Gasteiger partial charge on any atom is 0.323 e. The number of allylic oxidation sites excluding steroid dienone is 4. The maximum atomic E-state index is 12.1. The van der Waals surface area contributed by atoms with Gasteiger partial charge in [-0.25, -0.2) is 0 Å². The third-order valence-corrected chi connectivity index (χ3v) is 5.09. The number of thioether (sulfide) groups is 1. The van der Waals surface area contributed by atoms with E-state index in [9.17, 15) is 9.59 Å². The summed E-state index contributed by atoms with van der Waals surface area (Å²) in [6.45, 7) is -0.409. The van der Waals surface area contributed by atoms with Gasteiger partial charge in [-0.15, -0.1) is 0 Å². The van der Waals surface area contributed by atoms with Crippen LogP contribution in [-0.4, -0.2) is 32.7 Å². The van der Waals surface area contributed by atoms with Crippen LogP contribution in [-0.2, 0) is 9.59 Å². The van der Waals surface area contributed by atoms with Crippen molar-refractivity contribution in [2.75, 3.05) is 6.54 Å². The van der Waals surface area contributed by atoms with Crippen molar-refractivity contribution in [2.24, 2.45) is 0 Å². The average molecular weight is 381 g/mol. The first-order valence-electron chi connectivity index (χ1n) is 7.84. The maximum absolute atomic E-state index is 12.1. The lowest BCUT2D eigenvalue weighted by atomic mass is 10.1. The molecule has 4 nitrogen and oxygen atoms in total. The van der Waals surface area contributed by atoms with Crippen LogP contribution >= 0.6 is 24.0 Å². The standard InChI is InChI=1S/C20H15NO3S2/c22-18(23)13-21-19(24)17(26-20(21)25)9-3-1-2-6-14-10-11-15-7-4-5-8-16(15)12-14/h1-12H,13H2,(H,22,23)/b3-1+,6-2+,17-9+. The molecular weight excluding hydrogens is 366 g/mol. The van der Waals surface area contributed by atoms with Crippen molar-refractivity contribution >= 4 is 57.0 Å². The number of nitrogens with zero attached hydrogens (tertiary/aromatic N) is 1. The monoisotopic (exact) mass is 381 g/mol. The van der Waals surface area contributed by atoms with Crippen LogP contribution in [0.1, 0.15) is 5.56 Å². The molecule has 1 heterocycles. The molecule has 1 N–H and O–H groups in total. The highest BCUT2D eigenvalue weighted by Gasteiger charge is 2.32. The lowest BCUT2D eigenvalue weighted by molar-refractivity contribution is -0.140. The summed E-state index contributed by atoms with van der Waals surface area (Å²) in [6, 6.07) is 14.4. The Labute approximate surface area is 160 Å². The van der Waals surface area contributed by atoms with Crippen LogP contribution in [0.2, 0.25) is 0 Å². The minimum Gasteiger partial charge on any atom is -0.480 e. The van der Waals surface area contributed by atoms with Gasteiger partial charge in [-0.05, 0) is 28.5 Å². The number of rotatable bonds is 5. The molecule has 0 radical (unpaired) electrons. The number of benzene rings is 2. The van der Waals surface area contributed by atoms with Gasteiger partial charge in [0.25, 0.3) is 5.91 Å². The quantitative estimate of drug-likeness (QED) is 0.477. The fourth-order valence-electron chi connectivity index (χ4n) is 2.47. The zero-order valence-electron chi connectivity index (χ0n) is 13.7. The molecule has 2 aromatic rings. The van der Waals surface area contributed by atoms with E-state index >= 15 is 0 Å². The van der Waals surface area contributed by atoms with Gasteiger partial charge in [0.05, 0.1) is 4.91 Å². The second-order valence-electron chi connectivity index (χ2n) is 5.53. The van der Waals surface area contributed by atoms with Crippen LogP contribution in [0, 0.1) is 0 Å². The number of hydrogen-bond donors (Lipinski definition) is 1. The normalized spacial score (nSPS) is 16.6. The average Bonchev–Trinajstić information content (AvgIpc) is 2.88. The largest absolute Gasteiger partial charge is 0.480 e. The lowest BCUT2D eigenvalue weighted by Gasteiger charge is -2.09. The van der Waals surface area contributed by atoms with E-state index in [1.807, 2.05) is 36.4 Å². The molecule has 6 heteroatoms. The lowest BCUT2D eigenvalue weighted by Crippen LogP contribution is -2.33. The summed E-state index contributed by atoms with van der Waals surface area (Å²) in [5.41, 5.74) is 1.08. The summed E-state index contributed by atoms with van der Waals surface area (Å²) < 4.78 is 0.267. The molecule has 0 atom stereocenters. The Balaban J connectivity index is 1.65. The predicted molar refractivity (Wildman–Crippen MR) is 110 cm³/mol. The van der Waals surface area contributed by atoms with Crippen molar-refractivity contribution < 1.29 is 14.7 Å². The Morgan fingerprint density at radius 1 is 1.12 bits per heavy atom. The molecule has 1 fully saturated rings. The highest BCUT2D eigenvalue weighted by molar-refractivity contribution is 8.26. The van der Waals surface area contributed by atoms with Crippen LogP contribution in [0.25, 0.3) is 16.8 Å². The molecule has 0 bridgehead atoms. The molecule has 1 aliphatic rings. The first kappa shape index (κ1) is 18.1. The van der Waals surface area contributed by atoms with Crippen molar-refractivity contribution in [3.63, 3.8) is 0 Å². The third kappa shape index (κ3) is 4.28. The van der Waals surface area contributed by atoms with Crippen LogP contribution in [0.5, 0.6) is 0 Å². The molecule has 0 aliphatic carbocycles. The number of carbonyl (C=O) groups is 2. The number of aliphatic carboxylic acids is 1. The highest BCUT2D eigenvalue weighted by atomic mass is 32.2. The minimum absolute atomic E-state index is 0.267. The van der Waals surface area contributed by atoms with Gasteiger partial charge in [-0.1, -0.05) is 84.7 Å². The predicted octanol–water partition coefficient (Wildman–Crippen LogP) is 4.24. The van der Waals surface area contributed by atoms with Gasteiger partial charge in [0, 0.05) is 0 Å². The van der Waals surface area contributed by atoms with Gasteiger partial charge in [0.15, 0.2) is 0 Å². The van der Waals surface area contributed by atoms with Crippen LogP contribution in [0.4, 0.5) is 0 Å². The number of fused-ring (bicyclic) bond motifs is 1. The first-order chi connectivity index (χ1) is 12.5. The molecule has 26 heavy (non-hydrogen) atoms. The molecule has 0 aromatic heterocycles. The van der Waals surface area contributed by atoms with E-state index in [2.05, 4.69) is 24.3 Å². The zero-order valence-corrected chi connectivity index (χ0v) is 15.3. The van der Waals surface area contributed by atoms with Crippen LogP contribution < -0.4 is 0 Å². The van der Waals surface area contributed by atoms with E-state index in [-0.39, 0.29) is 10.2 Å². The molecular formula is C20H15NO3S2. The molecule has 0 saturated carbocycles. The topological polar surface area (TPSA) is 57.6 Å². The summed E-state index contributed by atoms with van der Waals surface area (Å²) in [5, 5.41) is 11.2. The molecule has 0 unspecified atom stereocenters. The highest BCUT2D eigenvalue weighted by Crippen LogP contribution is 2.30. The molecule has 3 rings (SSSR count). The molecule has 1 amide bonds. The van der Waals surface area contributed by atoms with Gasteiger partial charge < -0.3 is 5.11 Å². The van der Waals surface area contributed by atoms with Crippen LogP contribution in [0.3, 0.4) is 0 Å². The Hall–Kier alpha value is -2.70. The van der Waals surface area contributed by atoms with E-state index in [0.29, 0.717) is 4.91 Å². The van der Waals surface area contributed by atoms with Gasteiger partial charge in [0.2, 0.25) is 0 Å². The van der Waals surface area contributed by atoms with Crippen molar-refractivity contribution in [3.05, 3.63) is 77.2 Å².